The van der Waals surface area contributed by atoms with Gasteiger partial charge in [0.25, 0.3) is 0 Å². The fourth-order valence-corrected chi connectivity index (χ4v) is 2.73. The molecule has 4 nitrogen and oxygen atoms in total. The third kappa shape index (κ3) is 2.19. The average Bonchev–Trinajstić information content (AvgIpc) is 2.36. The Morgan fingerprint density at radius 3 is 2.39 bits per heavy atom. The number of ether oxygens (including phenoxy) is 3. The summed E-state index contributed by atoms with van der Waals surface area (Å²) in [6.45, 7) is 4.69. The van der Waals surface area contributed by atoms with Crippen LogP contribution in [0.25, 0.3) is 0 Å². The molecule has 1 aliphatic rings. The molecule has 0 aromatic heterocycles. The van der Waals surface area contributed by atoms with Crippen molar-refractivity contribution in [2.24, 2.45) is 0 Å². The maximum absolute atomic E-state index is 11.8. The Balaban J connectivity index is 2.48. The summed E-state index contributed by atoms with van der Waals surface area (Å²) >= 11 is 3.47. The number of halogens is 1. The molecule has 5 heteroatoms. The molecule has 1 heterocycles. The zero-order valence-corrected chi connectivity index (χ0v) is 12.2. The number of esters is 1. The quantitative estimate of drug-likeness (QED) is 0.787. The third-order valence-corrected chi connectivity index (χ3v) is 3.66. The van der Waals surface area contributed by atoms with Crippen molar-refractivity contribution in [1.82, 2.24) is 0 Å². The van der Waals surface area contributed by atoms with Crippen LogP contribution in [0.4, 0.5) is 0 Å². The minimum absolute atomic E-state index is 0.292. The molecule has 1 aliphatic heterocycles. The van der Waals surface area contributed by atoms with Crippen LogP contribution in [0.3, 0.4) is 0 Å². The van der Waals surface area contributed by atoms with Gasteiger partial charge in [0, 0.05) is 4.47 Å². The van der Waals surface area contributed by atoms with Gasteiger partial charge in [0.05, 0.1) is 12.5 Å². The van der Waals surface area contributed by atoms with Crippen LogP contribution in [0.15, 0.2) is 16.6 Å². The lowest BCUT2D eigenvalue weighted by Crippen LogP contribution is -2.31. The molecule has 0 atom stereocenters. The topological polar surface area (TPSA) is 44.8 Å². The third-order valence-electron chi connectivity index (χ3n) is 3.00. The van der Waals surface area contributed by atoms with Crippen molar-refractivity contribution >= 4 is 21.9 Å². The van der Waals surface area contributed by atoms with Crippen molar-refractivity contribution < 1.29 is 19.0 Å². The minimum Gasteiger partial charge on any atom is -0.486 e. The molecule has 0 amide bonds. The molecule has 0 unspecified atom stereocenters. The van der Waals surface area contributed by atoms with Gasteiger partial charge in [-0.15, -0.1) is 0 Å². The lowest BCUT2D eigenvalue weighted by atomic mass is 9.84. The van der Waals surface area contributed by atoms with Crippen LogP contribution in [-0.2, 0) is 14.9 Å². The maximum atomic E-state index is 11.8. The van der Waals surface area contributed by atoms with Crippen LogP contribution in [-0.4, -0.2) is 26.3 Å². The Labute approximate surface area is 114 Å². The van der Waals surface area contributed by atoms with Gasteiger partial charge in [-0.3, -0.25) is 4.79 Å². The number of methoxy groups -OCH3 is 1. The van der Waals surface area contributed by atoms with E-state index in [4.69, 9.17) is 14.2 Å². The van der Waals surface area contributed by atoms with Crippen LogP contribution in [0.1, 0.15) is 19.4 Å². The molecule has 0 saturated heterocycles. The van der Waals surface area contributed by atoms with E-state index in [9.17, 15) is 4.79 Å². The minimum atomic E-state index is -0.747. The van der Waals surface area contributed by atoms with Crippen molar-refractivity contribution in [3.63, 3.8) is 0 Å². The van der Waals surface area contributed by atoms with E-state index < -0.39 is 5.41 Å². The summed E-state index contributed by atoms with van der Waals surface area (Å²) in [6.07, 6.45) is 0. The zero-order chi connectivity index (χ0) is 13.3. The molecule has 1 aromatic rings. The second-order valence-corrected chi connectivity index (χ2v) is 5.45. The van der Waals surface area contributed by atoms with Crippen LogP contribution in [0.2, 0.25) is 0 Å². The first-order valence-electron chi connectivity index (χ1n) is 5.65. The van der Waals surface area contributed by atoms with Crippen LogP contribution < -0.4 is 9.47 Å². The van der Waals surface area contributed by atoms with Gasteiger partial charge >= 0.3 is 5.97 Å². The predicted octanol–water partition coefficient (Wildman–Crippen LogP) is 2.67. The van der Waals surface area contributed by atoms with E-state index in [0.717, 1.165) is 10.0 Å². The molecular formula is C13H15BrO4. The second-order valence-electron chi connectivity index (χ2n) is 4.59. The second kappa shape index (κ2) is 4.80. The Morgan fingerprint density at radius 1 is 1.28 bits per heavy atom. The normalized spacial score (nSPS) is 14.2. The van der Waals surface area contributed by atoms with Crippen LogP contribution in [0, 0.1) is 0 Å². The van der Waals surface area contributed by atoms with Crippen molar-refractivity contribution in [2.45, 2.75) is 19.3 Å². The lowest BCUT2D eigenvalue weighted by molar-refractivity contribution is -0.146. The highest BCUT2D eigenvalue weighted by Crippen LogP contribution is 2.40. The molecule has 0 saturated carbocycles. The van der Waals surface area contributed by atoms with Crippen molar-refractivity contribution in [1.29, 1.82) is 0 Å². The van der Waals surface area contributed by atoms with Gasteiger partial charge in [-0.1, -0.05) is 15.9 Å². The van der Waals surface area contributed by atoms with E-state index in [2.05, 4.69) is 15.9 Å². The van der Waals surface area contributed by atoms with Gasteiger partial charge in [-0.2, -0.15) is 0 Å². The Kier molecular flexibility index (Phi) is 3.52. The summed E-state index contributed by atoms with van der Waals surface area (Å²) in [6, 6.07) is 3.66. The van der Waals surface area contributed by atoms with Gasteiger partial charge in [0.15, 0.2) is 11.5 Å². The number of benzene rings is 1. The number of rotatable bonds is 2. The number of carbonyl (C=O) groups excluding carboxylic acids is 1. The molecule has 98 valence electrons. The highest BCUT2D eigenvalue weighted by Gasteiger charge is 2.34. The number of carbonyl (C=O) groups is 1. The first-order chi connectivity index (χ1) is 8.46. The van der Waals surface area contributed by atoms with E-state index in [1.807, 2.05) is 26.0 Å². The first kappa shape index (κ1) is 13.2. The molecule has 0 fully saturated rings. The van der Waals surface area contributed by atoms with Gasteiger partial charge < -0.3 is 14.2 Å². The summed E-state index contributed by atoms with van der Waals surface area (Å²) in [5.74, 6) is 1.06. The lowest BCUT2D eigenvalue weighted by Gasteiger charge is -2.26. The fraction of sp³-hybridized carbons (Fsp3) is 0.462. The van der Waals surface area contributed by atoms with Gasteiger partial charge in [-0.05, 0) is 31.5 Å². The highest BCUT2D eigenvalue weighted by molar-refractivity contribution is 9.10. The molecule has 1 aromatic carbocycles. The smallest absolute Gasteiger partial charge is 0.315 e. The van der Waals surface area contributed by atoms with Crippen molar-refractivity contribution in [3.8, 4) is 11.5 Å². The predicted molar refractivity (Wildman–Crippen MR) is 70.2 cm³/mol. The largest absolute Gasteiger partial charge is 0.486 e. The zero-order valence-electron chi connectivity index (χ0n) is 10.6. The average molecular weight is 315 g/mol. The molecule has 2 rings (SSSR count). The molecular weight excluding hydrogens is 300 g/mol. The van der Waals surface area contributed by atoms with E-state index in [1.165, 1.54) is 7.11 Å². The number of hydrogen-bond acceptors (Lipinski definition) is 4. The monoisotopic (exact) mass is 314 g/mol. The van der Waals surface area contributed by atoms with Gasteiger partial charge in [-0.25, -0.2) is 0 Å². The molecule has 0 aliphatic carbocycles. The maximum Gasteiger partial charge on any atom is 0.315 e. The van der Waals surface area contributed by atoms with E-state index in [-0.39, 0.29) is 5.97 Å². The highest BCUT2D eigenvalue weighted by atomic mass is 79.9. The summed E-state index contributed by atoms with van der Waals surface area (Å²) in [5.41, 5.74) is 0.0715. The molecule has 0 N–H and O–H groups in total. The first-order valence-corrected chi connectivity index (χ1v) is 6.44. The standard InChI is InChI=1S/C13H15BrO4/c1-13(2,12(15)16-3)8-6-10-11(7-9(8)14)18-5-4-17-10/h6-7H,4-5H2,1-3H3. The van der Waals surface area contributed by atoms with Gasteiger partial charge in [0.1, 0.15) is 13.2 Å². The summed E-state index contributed by atoms with van der Waals surface area (Å²) in [4.78, 5) is 11.8. The Bertz CT molecular complexity index is 482. The molecule has 0 spiro atoms. The summed E-state index contributed by atoms with van der Waals surface area (Å²) in [5, 5.41) is 0. The fourth-order valence-electron chi connectivity index (χ4n) is 1.91. The summed E-state index contributed by atoms with van der Waals surface area (Å²) < 4.78 is 16.7. The molecule has 0 radical (unpaired) electrons. The van der Waals surface area contributed by atoms with Crippen LogP contribution in [0.5, 0.6) is 11.5 Å². The van der Waals surface area contributed by atoms with Crippen molar-refractivity contribution in [2.75, 3.05) is 20.3 Å². The van der Waals surface area contributed by atoms with E-state index in [0.29, 0.717) is 24.7 Å². The summed E-state index contributed by atoms with van der Waals surface area (Å²) in [7, 11) is 1.38. The molecule has 18 heavy (non-hydrogen) atoms. The molecule has 0 bridgehead atoms. The van der Waals surface area contributed by atoms with E-state index in [1.54, 1.807) is 0 Å². The van der Waals surface area contributed by atoms with Crippen LogP contribution >= 0.6 is 15.9 Å². The Hall–Kier alpha value is -1.23. The van der Waals surface area contributed by atoms with Gasteiger partial charge in [0.2, 0.25) is 0 Å². The number of hydrogen-bond donors (Lipinski definition) is 0. The van der Waals surface area contributed by atoms with E-state index >= 15 is 0 Å². The van der Waals surface area contributed by atoms with Crippen molar-refractivity contribution in [3.05, 3.63) is 22.2 Å². The SMILES string of the molecule is COC(=O)C(C)(C)c1cc2c(cc1Br)OCCO2. The number of fused-ring (bicyclic) bond motifs is 1. The Morgan fingerprint density at radius 2 is 1.83 bits per heavy atom.